The largest absolute Gasteiger partial charge is 0.418 e. The Hall–Kier alpha value is -1.27. The number of carbonyl (C=O) groups is 1. The molecule has 0 bridgehead atoms. The fraction of sp³-hybridized carbons (Fsp3) is 0.417. The van der Waals surface area contributed by atoms with Crippen molar-refractivity contribution in [2.45, 2.75) is 18.2 Å². The number of alkyl halides is 3. The van der Waals surface area contributed by atoms with Crippen molar-refractivity contribution in [1.82, 2.24) is 0 Å². The van der Waals surface area contributed by atoms with Crippen LogP contribution >= 0.6 is 11.6 Å². The molecular weight excluding hydrogens is 283 g/mol. The van der Waals surface area contributed by atoms with Crippen LogP contribution < -0.4 is 4.90 Å². The van der Waals surface area contributed by atoms with Crippen LogP contribution in [-0.2, 0) is 0 Å². The molecule has 0 aliphatic carbocycles. The first-order chi connectivity index (χ1) is 8.77. The molecule has 2 rings (SSSR count). The summed E-state index contributed by atoms with van der Waals surface area (Å²) in [5.41, 5.74) is -1.96. The van der Waals surface area contributed by atoms with E-state index in [-0.39, 0.29) is 23.6 Å². The Bertz CT molecular complexity index is 506. The molecule has 0 aromatic heterocycles. The zero-order valence-electron chi connectivity index (χ0n) is 9.75. The number of rotatable bonds is 2. The van der Waals surface area contributed by atoms with E-state index in [1.165, 1.54) is 23.1 Å². The number of β-amino-alcohol motifs (C(OH)–C–C–N with tert-alkyl or cyclic N) is 1. The summed E-state index contributed by atoms with van der Waals surface area (Å²) in [5.74, 6) is 0. The number of anilines is 1. The Morgan fingerprint density at radius 1 is 1.42 bits per heavy atom. The number of halogens is 4. The van der Waals surface area contributed by atoms with E-state index in [1.54, 1.807) is 0 Å². The molecule has 1 aliphatic rings. The molecular formula is C12H11ClF3NO2. The second-order valence-electron chi connectivity index (χ2n) is 4.52. The third kappa shape index (κ3) is 2.55. The fourth-order valence-electron chi connectivity index (χ4n) is 2.05. The lowest BCUT2D eigenvalue weighted by atomic mass is 10.0. The Balaban J connectivity index is 2.22. The summed E-state index contributed by atoms with van der Waals surface area (Å²) in [6, 6.07) is 4.38. The van der Waals surface area contributed by atoms with Gasteiger partial charge in [-0.3, -0.25) is 4.79 Å². The first-order valence-electron chi connectivity index (χ1n) is 5.56. The van der Waals surface area contributed by atoms with Crippen molar-refractivity contribution in [3.05, 3.63) is 28.8 Å². The number of carbonyl (C=O) groups excluding carboxylic acids is 1. The van der Waals surface area contributed by atoms with Gasteiger partial charge in [-0.05, 0) is 18.2 Å². The summed E-state index contributed by atoms with van der Waals surface area (Å²) in [7, 11) is 0. The van der Waals surface area contributed by atoms with Gasteiger partial charge in [0.2, 0.25) is 0 Å². The first kappa shape index (κ1) is 14.1. The number of hydrogen-bond acceptors (Lipinski definition) is 3. The van der Waals surface area contributed by atoms with E-state index in [2.05, 4.69) is 0 Å². The van der Waals surface area contributed by atoms with Gasteiger partial charge in [0, 0.05) is 24.2 Å². The van der Waals surface area contributed by atoms with Gasteiger partial charge in [0.15, 0.2) is 11.9 Å². The number of aldehydes is 1. The number of aliphatic hydroxyl groups is 1. The smallest absolute Gasteiger partial charge is 0.379 e. The second-order valence-corrected chi connectivity index (χ2v) is 4.93. The molecule has 7 heteroatoms. The van der Waals surface area contributed by atoms with Gasteiger partial charge >= 0.3 is 6.18 Å². The summed E-state index contributed by atoms with van der Waals surface area (Å²) in [4.78, 5) is 12.0. The predicted molar refractivity (Wildman–Crippen MR) is 64.7 cm³/mol. The third-order valence-corrected chi connectivity index (χ3v) is 3.58. The monoisotopic (exact) mass is 293 g/mol. The summed E-state index contributed by atoms with van der Waals surface area (Å²) < 4.78 is 38.0. The normalized spacial score (nSPS) is 23.7. The van der Waals surface area contributed by atoms with Crippen LogP contribution in [0.2, 0.25) is 5.02 Å². The zero-order valence-corrected chi connectivity index (χ0v) is 10.5. The van der Waals surface area contributed by atoms with E-state index in [0.29, 0.717) is 12.0 Å². The van der Waals surface area contributed by atoms with Crippen LogP contribution in [0.3, 0.4) is 0 Å². The highest BCUT2D eigenvalue weighted by Gasteiger charge is 2.57. The highest BCUT2D eigenvalue weighted by Crippen LogP contribution is 2.39. The third-order valence-electron chi connectivity index (χ3n) is 3.25. The molecule has 19 heavy (non-hydrogen) atoms. The molecule has 1 heterocycles. The van der Waals surface area contributed by atoms with Gasteiger partial charge in [0.25, 0.3) is 0 Å². The van der Waals surface area contributed by atoms with Gasteiger partial charge in [-0.15, -0.1) is 0 Å². The van der Waals surface area contributed by atoms with E-state index in [1.807, 2.05) is 0 Å². The molecule has 1 aliphatic heterocycles. The van der Waals surface area contributed by atoms with Gasteiger partial charge in [-0.2, -0.15) is 13.2 Å². The van der Waals surface area contributed by atoms with Crippen LogP contribution in [0.25, 0.3) is 0 Å². The molecule has 1 unspecified atom stereocenters. The van der Waals surface area contributed by atoms with Crippen molar-refractivity contribution in [2.75, 3.05) is 18.0 Å². The van der Waals surface area contributed by atoms with E-state index in [4.69, 9.17) is 11.6 Å². The average Bonchev–Trinajstić information content (AvgIpc) is 2.72. The highest BCUT2D eigenvalue weighted by molar-refractivity contribution is 6.33. The van der Waals surface area contributed by atoms with E-state index >= 15 is 0 Å². The van der Waals surface area contributed by atoms with E-state index in [0.717, 1.165) is 0 Å². The molecule has 1 aromatic carbocycles. The van der Waals surface area contributed by atoms with Crippen molar-refractivity contribution in [1.29, 1.82) is 0 Å². The van der Waals surface area contributed by atoms with Gasteiger partial charge in [0.05, 0.1) is 11.6 Å². The maximum absolute atomic E-state index is 12.7. The fourth-order valence-corrected chi connectivity index (χ4v) is 2.27. The molecule has 0 saturated carbocycles. The molecule has 1 atom stereocenters. The van der Waals surface area contributed by atoms with Crippen molar-refractivity contribution in [3.8, 4) is 0 Å². The van der Waals surface area contributed by atoms with Gasteiger partial charge < -0.3 is 10.0 Å². The number of benzene rings is 1. The molecule has 0 amide bonds. The SMILES string of the molecule is O=Cc1ccc(N2CCC(O)(C(F)(F)F)C2)cc1Cl. The molecule has 0 radical (unpaired) electrons. The topological polar surface area (TPSA) is 40.5 Å². The van der Waals surface area contributed by atoms with Crippen molar-refractivity contribution in [3.63, 3.8) is 0 Å². The van der Waals surface area contributed by atoms with Crippen LogP contribution in [0.4, 0.5) is 18.9 Å². The van der Waals surface area contributed by atoms with Gasteiger partial charge in [0.1, 0.15) is 0 Å². The van der Waals surface area contributed by atoms with Crippen LogP contribution in [0, 0.1) is 0 Å². The van der Waals surface area contributed by atoms with Gasteiger partial charge in [-0.1, -0.05) is 11.6 Å². The average molecular weight is 294 g/mol. The Kier molecular flexibility index (Phi) is 3.49. The van der Waals surface area contributed by atoms with Crippen molar-refractivity contribution in [2.24, 2.45) is 0 Å². The molecule has 1 saturated heterocycles. The second kappa shape index (κ2) is 4.68. The molecule has 1 N–H and O–H groups in total. The van der Waals surface area contributed by atoms with Crippen molar-refractivity contribution < 1.29 is 23.1 Å². The molecule has 0 spiro atoms. The standard InChI is InChI=1S/C12H11ClF3NO2/c13-10-5-9(2-1-8(10)6-18)17-4-3-11(19,7-17)12(14,15)16/h1-2,5-6,19H,3-4,7H2. The number of nitrogens with zero attached hydrogens (tertiary/aromatic N) is 1. The van der Waals surface area contributed by atoms with Crippen LogP contribution in [-0.4, -0.2) is 36.3 Å². The van der Waals surface area contributed by atoms with E-state index in [9.17, 15) is 23.1 Å². The van der Waals surface area contributed by atoms with E-state index < -0.39 is 18.3 Å². The van der Waals surface area contributed by atoms with Crippen LogP contribution in [0.5, 0.6) is 0 Å². The summed E-state index contributed by atoms with van der Waals surface area (Å²) >= 11 is 5.83. The zero-order chi connectivity index (χ0) is 14.3. The minimum atomic E-state index is -4.66. The van der Waals surface area contributed by atoms with Crippen LogP contribution in [0.1, 0.15) is 16.8 Å². The Morgan fingerprint density at radius 2 is 2.11 bits per heavy atom. The van der Waals surface area contributed by atoms with Gasteiger partial charge in [-0.25, -0.2) is 0 Å². The lowest BCUT2D eigenvalue weighted by Crippen LogP contribution is -2.47. The lowest BCUT2D eigenvalue weighted by Gasteiger charge is -2.26. The quantitative estimate of drug-likeness (QED) is 0.852. The summed E-state index contributed by atoms with van der Waals surface area (Å²) in [5, 5.41) is 9.75. The maximum Gasteiger partial charge on any atom is 0.418 e. The molecule has 104 valence electrons. The summed E-state index contributed by atoms with van der Waals surface area (Å²) in [6.07, 6.45) is -4.47. The summed E-state index contributed by atoms with van der Waals surface area (Å²) in [6.45, 7) is -0.458. The molecule has 1 aromatic rings. The molecule has 1 fully saturated rings. The Morgan fingerprint density at radius 3 is 2.58 bits per heavy atom. The lowest BCUT2D eigenvalue weighted by molar-refractivity contribution is -0.250. The minimum absolute atomic E-state index is 0.0762. The Labute approximate surface area is 112 Å². The highest BCUT2D eigenvalue weighted by atomic mass is 35.5. The molecule has 3 nitrogen and oxygen atoms in total. The number of hydrogen-bond donors (Lipinski definition) is 1. The van der Waals surface area contributed by atoms with Crippen LogP contribution in [0.15, 0.2) is 18.2 Å². The predicted octanol–water partition coefficient (Wildman–Crippen LogP) is 2.66. The first-order valence-corrected chi connectivity index (χ1v) is 5.93. The minimum Gasteiger partial charge on any atom is -0.379 e. The van der Waals surface area contributed by atoms with Crippen molar-refractivity contribution >= 4 is 23.6 Å². The maximum atomic E-state index is 12.7.